The molecule has 1 N–H and O–H groups in total. The summed E-state index contributed by atoms with van der Waals surface area (Å²) in [4.78, 5) is 1.48. The van der Waals surface area contributed by atoms with Crippen LogP contribution >= 0.6 is 27.3 Å². The molecule has 1 aromatic rings. The van der Waals surface area contributed by atoms with Gasteiger partial charge in [0.05, 0.1) is 0 Å². The minimum Gasteiger partial charge on any atom is -0.313 e. The highest BCUT2D eigenvalue weighted by Gasteiger charge is 2.17. The van der Waals surface area contributed by atoms with Crippen LogP contribution in [0.4, 0.5) is 0 Å². The van der Waals surface area contributed by atoms with Crippen LogP contribution in [0, 0.1) is 5.92 Å². The first-order valence-corrected chi connectivity index (χ1v) is 8.30. The molecule has 0 amide bonds. The van der Waals surface area contributed by atoms with Crippen molar-refractivity contribution < 1.29 is 0 Å². The lowest BCUT2D eigenvalue weighted by molar-refractivity contribution is 0.354. The Bertz CT molecular complexity index is 311. The van der Waals surface area contributed by atoms with Crippen LogP contribution in [0.2, 0.25) is 0 Å². The monoisotopic (exact) mass is 317 g/mol. The highest BCUT2D eigenvalue weighted by molar-refractivity contribution is 9.10. The predicted molar refractivity (Wildman–Crippen MR) is 81.9 cm³/mol. The Morgan fingerprint density at radius 1 is 1.35 bits per heavy atom. The van der Waals surface area contributed by atoms with E-state index < -0.39 is 0 Å². The van der Waals surface area contributed by atoms with E-state index in [1.807, 2.05) is 11.3 Å². The molecule has 0 aliphatic rings. The summed E-state index contributed by atoms with van der Waals surface area (Å²) in [6.07, 6.45) is 4.97. The molecule has 0 spiro atoms. The van der Waals surface area contributed by atoms with E-state index in [9.17, 15) is 0 Å². The van der Waals surface area contributed by atoms with Gasteiger partial charge in [-0.1, -0.05) is 27.2 Å². The molecule has 1 nitrogen and oxygen atoms in total. The molecule has 0 fully saturated rings. The van der Waals surface area contributed by atoms with Crippen LogP contribution in [0.25, 0.3) is 0 Å². The molecule has 2 unspecified atom stereocenters. The molecule has 0 radical (unpaired) electrons. The third-order valence-corrected chi connectivity index (χ3v) is 4.85. The van der Waals surface area contributed by atoms with Crippen molar-refractivity contribution in [1.29, 1.82) is 0 Å². The number of thiophene rings is 1. The second-order valence-corrected chi connectivity index (χ2v) is 6.67. The Balaban J connectivity index is 2.55. The van der Waals surface area contributed by atoms with E-state index in [1.54, 1.807) is 0 Å². The topological polar surface area (TPSA) is 12.0 Å². The molecular formula is C14H24BrNS. The summed E-state index contributed by atoms with van der Waals surface area (Å²) in [5.74, 6) is 0.757. The fourth-order valence-corrected chi connectivity index (χ4v) is 3.65. The summed E-state index contributed by atoms with van der Waals surface area (Å²) in [6.45, 7) is 8.01. The van der Waals surface area contributed by atoms with Crippen molar-refractivity contribution in [1.82, 2.24) is 5.32 Å². The quantitative estimate of drug-likeness (QED) is 0.722. The van der Waals surface area contributed by atoms with Gasteiger partial charge in [0.1, 0.15) is 0 Å². The van der Waals surface area contributed by atoms with Gasteiger partial charge in [0.2, 0.25) is 0 Å². The lowest BCUT2D eigenvalue weighted by Gasteiger charge is -2.24. The SMILES string of the molecule is CCCNC(Cc1cc(Br)cs1)C(C)CCC. The van der Waals surface area contributed by atoms with Crippen LogP contribution in [0.3, 0.4) is 0 Å². The van der Waals surface area contributed by atoms with Gasteiger partial charge in [-0.25, -0.2) is 0 Å². The van der Waals surface area contributed by atoms with Crippen molar-refractivity contribution in [3.8, 4) is 0 Å². The molecule has 0 saturated carbocycles. The summed E-state index contributed by atoms with van der Waals surface area (Å²) in [5, 5.41) is 5.88. The van der Waals surface area contributed by atoms with Crippen molar-refractivity contribution in [2.45, 2.75) is 52.5 Å². The molecule has 0 saturated heterocycles. The van der Waals surface area contributed by atoms with Crippen LogP contribution in [0.5, 0.6) is 0 Å². The van der Waals surface area contributed by atoms with Crippen LogP contribution in [-0.2, 0) is 6.42 Å². The minimum absolute atomic E-state index is 0.625. The summed E-state index contributed by atoms with van der Waals surface area (Å²) >= 11 is 5.39. The van der Waals surface area contributed by atoms with E-state index in [4.69, 9.17) is 0 Å². The minimum atomic E-state index is 0.625. The van der Waals surface area contributed by atoms with Gasteiger partial charge in [-0.3, -0.25) is 0 Å². The average Bonchev–Trinajstić information content (AvgIpc) is 2.70. The largest absolute Gasteiger partial charge is 0.313 e. The number of rotatable bonds is 8. The molecule has 3 heteroatoms. The van der Waals surface area contributed by atoms with E-state index in [2.05, 4.69) is 53.5 Å². The van der Waals surface area contributed by atoms with Crippen LogP contribution < -0.4 is 5.32 Å². The van der Waals surface area contributed by atoms with Gasteiger partial charge in [-0.2, -0.15) is 0 Å². The lowest BCUT2D eigenvalue weighted by Crippen LogP contribution is -2.37. The molecule has 17 heavy (non-hydrogen) atoms. The smallest absolute Gasteiger partial charge is 0.0285 e. The van der Waals surface area contributed by atoms with Gasteiger partial charge < -0.3 is 5.32 Å². The van der Waals surface area contributed by atoms with E-state index in [-0.39, 0.29) is 0 Å². The van der Waals surface area contributed by atoms with Gasteiger partial charge in [0.25, 0.3) is 0 Å². The fourth-order valence-electron chi connectivity index (χ4n) is 2.14. The number of hydrogen-bond donors (Lipinski definition) is 1. The predicted octanol–water partition coefficient (Wildman–Crippen LogP) is 4.86. The maximum absolute atomic E-state index is 3.70. The molecule has 0 bridgehead atoms. The molecule has 1 aromatic heterocycles. The number of nitrogens with one attached hydrogen (secondary N) is 1. The maximum atomic E-state index is 3.70. The highest BCUT2D eigenvalue weighted by Crippen LogP contribution is 2.23. The van der Waals surface area contributed by atoms with Crippen LogP contribution in [0.1, 0.15) is 44.9 Å². The highest BCUT2D eigenvalue weighted by atomic mass is 79.9. The molecule has 0 aliphatic heterocycles. The average molecular weight is 318 g/mol. The van der Waals surface area contributed by atoms with Gasteiger partial charge >= 0.3 is 0 Å². The molecule has 1 rings (SSSR count). The van der Waals surface area contributed by atoms with E-state index in [0.29, 0.717) is 6.04 Å². The summed E-state index contributed by atoms with van der Waals surface area (Å²) in [6, 6.07) is 2.88. The Kier molecular flexibility index (Phi) is 7.40. The Morgan fingerprint density at radius 3 is 2.65 bits per heavy atom. The second kappa shape index (κ2) is 8.28. The summed E-state index contributed by atoms with van der Waals surface area (Å²) in [7, 11) is 0. The first-order chi connectivity index (χ1) is 8.17. The van der Waals surface area contributed by atoms with Crippen molar-refractivity contribution in [2.75, 3.05) is 6.54 Å². The number of halogens is 1. The normalized spacial score (nSPS) is 14.8. The third kappa shape index (κ3) is 5.54. The van der Waals surface area contributed by atoms with Gasteiger partial charge in [-0.15, -0.1) is 11.3 Å². The van der Waals surface area contributed by atoms with Crippen molar-refractivity contribution in [3.63, 3.8) is 0 Å². The van der Waals surface area contributed by atoms with Crippen molar-refractivity contribution in [3.05, 3.63) is 20.8 Å². The maximum Gasteiger partial charge on any atom is 0.0285 e. The van der Waals surface area contributed by atoms with Gasteiger partial charge in [0, 0.05) is 20.8 Å². The van der Waals surface area contributed by atoms with Crippen LogP contribution in [0.15, 0.2) is 15.9 Å². The van der Waals surface area contributed by atoms with Gasteiger partial charge in [0.15, 0.2) is 0 Å². The molecule has 0 aromatic carbocycles. The molecule has 1 heterocycles. The standard InChI is InChI=1S/C14H24BrNS/c1-4-6-11(3)14(16-7-5-2)9-13-8-12(15)10-17-13/h8,10-11,14,16H,4-7,9H2,1-3H3. The molecule has 98 valence electrons. The fraction of sp³-hybridized carbons (Fsp3) is 0.714. The van der Waals surface area contributed by atoms with Crippen molar-refractivity contribution in [2.24, 2.45) is 5.92 Å². The Hall–Kier alpha value is 0.140. The Labute approximate surface area is 118 Å². The van der Waals surface area contributed by atoms with Crippen LogP contribution in [-0.4, -0.2) is 12.6 Å². The van der Waals surface area contributed by atoms with E-state index in [0.717, 1.165) is 18.9 Å². The number of hydrogen-bond acceptors (Lipinski definition) is 2. The van der Waals surface area contributed by atoms with E-state index in [1.165, 1.54) is 28.6 Å². The zero-order valence-electron chi connectivity index (χ0n) is 11.1. The van der Waals surface area contributed by atoms with Crippen molar-refractivity contribution >= 4 is 27.3 Å². The second-order valence-electron chi connectivity index (χ2n) is 4.76. The summed E-state index contributed by atoms with van der Waals surface area (Å²) in [5.41, 5.74) is 0. The zero-order valence-corrected chi connectivity index (χ0v) is 13.5. The zero-order chi connectivity index (χ0) is 12.7. The Morgan fingerprint density at radius 2 is 2.12 bits per heavy atom. The van der Waals surface area contributed by atoms with E-state index >= 15 is 0 Å². The lowest BCUT2D eigenvalue weighted by atomic mass is 9.93. The third-order valence-electron chi connectivity index (χ3n) is 3.13. The first kappa shape index (κ1) is 15.2. The summed E-state index contributed by atoms with van der Waals surface area (Å²) < 4.78 is 1.22. The van der Waals surface area contributed by atoms with Gasteiger partial charge in [-0.05, 0) is 53.7 Å². The molecular weight excluding hydrogens is 294 g/mol. The molecule has 0 aliphatic carbocycles. The molecule has 2 atom stereocenters. The first-order valence-electron chi connectivity index (χ1n) is 6.63.